The number of methoxy groups -OCH3 is 1. The highest BCUT2D eigenvalue weighted by atomic mass is 32.9. The van der Waals surface area contributed by atoms with Crippen molar-refractivity contribution in [2.24, 2.45) is 0 Å². The zero-order chi connectivity index (χ0) is 19.1. The summed E-state index contributed by atoms with van der Waals surface area (Å²) in [5.74, 6) is -1.24. The lowest BCUT2D eigenvalue weighted by molar-refractivity contribution is -0.195. The highest BCUT2D eigenvalue weighted by Gasteiger charge is 2.43. The zero-order valence-electron chi connectivity index (χ0n) is 14.6. The Kier molecular flexibility index (Phi) is 8.86. The van der Waals surface area contributed by atoms with Gasteiger partial charge in [-0.2, -0.15) is 0 Å². The van der Waals surface area contributed by atoms with Gasteiger partial charge in [0.05, 0.1) is 12.8 Å². The third-order valence-corrected chi connectivity index (χ3v) is 7.04. The van der Waals surface area contributed by atoms with E-state index >= 15 is 0 Å². The van der Waals surface area contributed by atoms with Crippen LogP contribution in [0, 0.1) is 0 Å². The van der Waals surface area contributed by atoms with E-state index in [1.165, 1.54) is 14.0 Å². The average Bonchev–Trinajstić information content (AvgIpc) is 3.42. The molecule has 0 aromatic rings. The van der Waals surface area contributed by atoms with Crippen LogP contribution in [0.1, 0.15) is 27.2 Å². The van der Waals surface area contributed by atoms with Crippen LogP contribution >= 0.6 is 6.58 Å². The third kappa shape index (κ3) is 6.88. The average molecular weight is 414 g/mol. The molecule has 1 aliphatic heterocycles. The van der Waals surface area contributed by atoms with Crippen LogP contribution in [0.15, 0.2) is 0 Å². The molecule has 0 radical (unpaired) electrons. The highest BCUT2D eigenvalue weighted by Crippen LogP contribution is 2.24. The fourth-order valence-electron chi connectivity index (χ4n) is 1.56. The van der Waals surface area contributed by atoms with E-state index in [9.17, 15) is 14.2 Å². The molecule has 0 bridgehead atoms. The Hall–Kier alpha value is -0.640. The Morgan fingerprint density at radius 2 is 1.96 bits per heavy atom. The van der Waals surface area contributed by atoms with Crippen molar-refractivity contribution in [2.45, 2.75) is 44.7 Å². The quantitative estimate of drug-likeness (QED) is 0.281. The molecule has 0 spiro atoms. The van der Waals surface area contributed by atoms with Crippen molar-refractivity contribution in [3.05, 3.63) is 0 Å². The van der Waals surface area contributed by atoms with Crippen LogP contribution < -0.4 is 0 Å². The Labute approximate surface area is 155 Å². The summed E-state index contributed by atoms with van der Waals surface area (Å²) >= 11 is 4.61. The number of esters is 2. The molecule has 4 unspecified atom stereocenters. The lowest BCUT2D eigenvalue weighted by Gasteiger charge is -2.32. The summed E-state index contributed by atoms with van der Waals surface area (Å²) in [5, 5.41) is 0. The van der Waals surface area contributed by atoms with E-state index in [1.54, 1.807) is 13.8 Å². The van der Waals surface area contributed by atoms with E-state index in [0.717, 1.165) is 9.50 Å². The van der Waals surface area contributed by atoms with E-state index in [1.807, 2.05) is 0 Å². The van der Waals surface area contributed by atoms with Gasteiger partial charge in [0.25, 0.3) is 0 Å². The van der Waals surface area contributed by atoms with Gasteiger partial charge < -0.3 is 23.7 Å². The van der Waals surface area contributed by atoms with Gasteiger partial charge in [-0.3, -0.25) is 4.57 Å². The minimum Gasteiger partial charge on any atom is -0.463 e. The molecule has 25 heavy (non-hydrogen) atoms. The van der Waals surface area contributed by atoms with E-state index in [4.69, 9.17) is 23.7 Å². The Balaban J connectivity index is 2.63. The molecule has 11 heteroatoms. The monoisotopic (exact) mass is 414 g/mol. The van der Waals surface area contributed by atoms with Crippen molar-refractivity contribution in [3.8, 4) is 0 Å². The van der Waals surface area contributed by atoms with Crippen molar-refractivity contribution in [1.29, 1.82) is 0 Å². The van der Waals surface area contributed by atoms with Gasteiger partial charge in [-0.1, -0.05) is 6.92 Å². The maximum Gasteiger partial charge on any atom is 0.342 e. The Bertz CT molecular complexity index is 598. The Morgan fingerprint density at radius 3 is 2.44 bits per heavy atom. The Morgan fingerprint density at radius 1 is 1.32 bits per heavy atom. The van der Waals surface area contributed by atoms with E-state index in [0.29, 0.717) is 13.0 Å². The minimum absolute atomic E-state index is 0.0146. The summed E-state index contributed by atoms with van der Waals surface area (Å²) in [5.41, 5.74) is -2.66. The van der Waals surface area contributed by atoms with Crippen LogP contribution in [0.3, 0.4) is 0 Å². The first-order chi connectivity index (χ1) is 11.7. The van der Waals surface area contributed by atoms with Crippen LogP contribution in [0.5, 0.6) is 0 Å². The van der Waals surface area contributed by atoms with Gasteiger partial charge in [-0.05, 0) is 41.0 Å². The number of carbonyl (C=O) groups is 2. The van der Waals surface area contributed by atoms with E-state index in [-0.39, 0.29) is 19.4 Å². The lowest BCUT2D eigenvalue weighted by atomic mass is 10.0. The minimum atomic E-state index is -1.62. The molecule has 1 heterocycles. The van der Waals surface area contributed by atoms with Crippen molar-refractivity contribution < 1.29 is 37.8 Å². The first-order valence-corrected chi connectivity index (χ1v) is 11.4. The molecule has 144 valence electrons. The van der Waals surface area contributed by atoms with Crippen LogP contribution in [0.4, 0.5) is 0 Å². The summed E-state index contributed by atoms with van der Waals surface area (Å²) in [6.07, 6.45) is -0.0545. The van der Waals surface area contributed by atoms with Gasteiger partial charge in [0.2, 0.25) is 6.29 Å². The predicted molar refractivity (Wildman–Crippen MR) is 94.1 cm³/mol. The molecule has 1 saturated heterocycles. The molecular formula is C14H23O8PS2. The van der Waals surface area contributed by atoms with Crippen molar-refractivity contribution in [2.75, 3.05) is 33.1 Å². The summed E-state index contributed by atoms with van der Waals surface area (Å²) in [6, 6.07) is 0. The van der Waals surface area contributed by atoms with Gasteiger partial charge in [0, 0.05) is 7.11 Å². The molecular weight excluding hydrogens is 391 g/mol. The largest absolute Gasteiger partial charge is 0.463 e. The normalized spacial score (nSPS) is 21.4. The number of carbonyl (C=O) groups excluding carboxylic acids is 2. The second-order valence-electron chi connectivity index (χ2n) is 5.74. The third-order valence-electron chi connectivity index (χ3n) is 3.79. The van der Waals surface area contributed by atoms with Gasteiger partial charge >= 0.3 is 11.9 Å². The molecule has 0 amide bonds. The molecule has 0 saturated carbocycles. The number of epoxide rings is 1. The topological polar surface area (TPSA) is 101 Å². The maximum atomic E-state index is 12.3. The van der Waals surface area contributed by atoms with Crippen LogP contribution in [0.25, 0.3) is 0 Å². The smallest absolute Gasteiger partial charge is 0.342 e. The van der Waals surface area contributed by atoms with E-state index < -0.39 is 36.0 Å². The number of hydrogen-bond acceptors (Lipinski definition) is 9. The molecule has 8 nitrogen and oxygen atoms in total. The summed E-state index contributed by atoms with van der Waals surface area (Å²) in [6.45, 7) is 3.33. The maximum absolute atomic E-state index is 12.3. The van der Waals surface area contributed by atoms with Crippen LogP contribution in [-0.4, -0.2) is 62.5 Å². The lowest BCUT2D eigenvalue weighted by Crippen LogP contribution is -2.49. The molecule has 4 atom stereocenters. The fourth-order valence-corrected chi connectivity index (χ4v) is 2.99. The molecule has 1 aliphatic rings. The van der Waals surface area contributed by atoms with Crippen molar-refractivity contribution in [3.63, 3.8) is 0 Å². The fraction of sp³-hybridized carbons (Fsp3) is 0.857. The molecule has 0 aliphatic carbocycles. The van der Waals surface area contributed by atoms with Crippen LogP contribution in [0.2, 0.25) is 0 Å². The van der Waals surface area contributed by atoms with E-state index in [2.05, 4.69) is 11.2 Å². The van der Waals surface area contributed by atoms with Gasteiger partial charge in [0.1, 0.15) is 13.2 Å². The molecule has 1 fully saturated rings. The van der Waals surface area contributed by atoms with Gasteiger partial charge in [0.15, 0.2) is 17.8 Å². The number of hydrogen-bond donors (Lipinski definition) is 0. The van der Waals surface area contributed by atoms with Crippen molar-refractivity contribution in [1.82, 2.24) is 0 Å². The SMILES string of the molecule is CCC(C)(OCC(C)(OC)C(=O)OC1CO1)C(=O)OCCP(=O)=S=S. The van der Waals surface area contributed by atoms with Gasteiger partial charge in [-0.25, -0.2) is 9.59 Å². The highest BCUT2D eigenvalue weighted by molar-refractivity contribution is 8.32. The predicted octanol–water partition coefficient (Wildman–Crippen LogP) is 1.31. The summed E-state index contributed by atoms with van der Waals surface area (Å²) in [7, 11) is 2.16. The molecule has 1 rings (SSSR count). The second-order valence-corrected chi connectivity index (χ2v) is 10.0. The van der Waals surface area contributed by atoms with Crippen LogP contribution in [-0.2, 0) is 58.5 Å². The summed E-state index contributed by atoms with van der Waals surface area (Å²) < 4.78 is 37.2. The second kappa shape index (κ2) is 9.89. The first kappa shape index (κ1) is 22.4. The number of rotatable bonds is 11. The molecule has 0 aromatic carbocycles. The zero-order valence-corrected chi connectivity index (χ0v) is 17.2. The number of ether oxygens (including phenoxy) is 5. The first-order valence-electron chi connectivity index (χ1n) is 7.64. The molecule has 0 aromatic heterocycles. The molecule has 0 N–H and O–H groups in total. The van der Waals surface area contributed by atoms with Gasteiger partial charge in [-0.15, -0.1) is 0 Å². The summed E-state index contributed by atoms with van der Waals surface area (Å²) in [4.78, 5) is 24.4. The standard InChI is InChI=1S/C14H23O8PS2/c1-5-13(2,11(15)19-6-7-23(17)25-24)21-9-14(3,18-4)12(16)22-10-8-20-10/h10H,5-9H2,1-4H3. The van der Waals surface area contributed by atoms with Crippen molar-refractivity contribution >= 4 is 39.2 Å².